The minimum atomic E-state index is -0.338. The van der Waals surface area contributed by atoms with Crippen LogP contribution in [0, 0.1) is 10.1 Å². The summed E-state index contributed by atoms with van der Waals surface area (Å²) >= 11 is 1.82. The van der Waals surface area contributed by atoms with E-state index in [9.17, 15) is 15.2 Å². The maximum atomic E-state index is 11.2. The molecule has 2 rings (SSSR count). The number of anilines is 1. The minimum Gasteiger partial charge on any atom is -0.392 e. The second-order valence-electron chi connectivity index (χ2n) is 5.04. The molecule has 1 aromatic rings. The summed E-state index contributed by atoms with van der Waals surface area (Å²) in [5, 5.41) is 21.0. The SMILES string of the molecule is CSC1CCCCN(c2cc(CO)ccc2[N+](=O)[O-])C1. The Balaban J connectivity index is 2.35. The van der Waals surface area contributed by atoms with Crippen LogP contribution in [0.1, 0.15) is 24.8 Å². The molecule has 1 aromatic carbocycles. The Morgan fingerprint density at radius 1 is 1.50 bits per heavy atom. The predicted octanol–water partition coefficient (Wildman–Crippen LogP) is 2.81. The molecule has 0 saturated carbocycles. The van der Waals surface area contributed by atoms with Gasteiger partial charge in [-0.3, -0.25) is 10.1 Å². The Morgan fingerprint density at radius 3 is 2.95 bits per heavy atom. The molecule has 0 radical (unpaired) electrons. The van der Waals surface area contributed by atoms with E-state index in [4.69, 9.17) is 0 Å². The van der Waals surface area contributed by atoms with Gasteiger partial charge in [-0.15, -0.1) is 0 Å². The molecule has 0 aliphatic carbocycles. The molecule has 110 valence electrons. The van der Waals surface area contributed by atoms with E-state index in [1.165, 1.54) is 6.07 Å². The lowest BCUT2D eigenvalue weighted by atomic mass is 10.1. The molecule has 0 bridgehead atoms. The number of aliphatic hydroxyl groups is 1. The van der Waals surface area contributed by atoms with Crippen LogP contribution in [0.25, 0.3) is 0 Å². The second-order valence-corrected chi connectivity index (χ2v) is 6.18. The molecule has 1 aliphatic rings. The van der Waals surface area contributed by atoms with E-state index in [-0.39, 0.29) is 17.2 Å². The van der Waals surface area contributed by atoms with Gasteiger partial charge in [0.05, 0.1) is 11.5 Å². The molecule has 1 unspecified atom stereocenters. The van der Waals surface area contributed by atoms with Gasteiger partial charge in [-0.2, -0.15) is 11.8 Å². The molecule has 20 heavy (non-hydrogen) atoms. The molecule has 5 nitrogen and oxygen atoms in total. The first-order valence-corrected chi connectivity index (χ1v) is 8.10. The number of nitro benzene ring substituents is 1. The number of nitrogens with zero attached hydrogens (tertiary/aromatic N) is 2. The fraction of sp³-hybridized carbons (Fsp3) is 0.571. The first kappa shape index (κ1) is 15.1. The van der Waals surface area contributed by atoms with Crippen LogP contribution >= 0.6 is 11.8 Å². The quantitative estimate of drug-likeness (QED) is 0.683. The summed E-state index contributed by atoms with van der Waals surface area (Å²) in [6, 6.07) is 4.87. The Kier molecular flexibility index (Phi) is 5.25. The highest BCUT2D eigenvalue weighted by Gasteiger charge is 2.24. The molecule has 0 aromatic heterocycles. The van der Waals surface area contributed by atoms with Crippen molar-refractivity contribution >= 4 is 23.1 Å². The van der Waals surface area contributed by atoms with Crippen LogP contribution in [0.15, 0.2) is 18.2 Å². The third kappa shape index (κ3) is 3.43. The van der Waals surface area contributed by atoms with Crippen LogP contribution in [0.3, 0.4) is 0 Å². The van der Waals surface area contributed by atoms with E-state index < -0.39 is 0 Å². The third-order valence-corrected chi connectivity index (χ3v) is 4.77. The number of rotatable bonds is 4. The molecule has 1 saturated heterocycles. The Bertz CT molecular complexity index is 481. The van der Waals surface area contributed by atoms with Crippen molar-refractivity contribution in [1.29, 1.82) is 0 Å². The third-order valence-electron chi connectivity index (χ3n) is 3.72. The molecular formula is C14H20N2O3S. The average molecular weight is 296 g/mol. The van der Waals surface area contributed by atoms with E-state index in [2.05, 4.69) is 11.2 Å². The highest BCUT2D eigenvalue weighted by atomic mass is 32.2. The largest absolute Gasteiger partial charge is 0.392 e. The molecule has 1 aliphatic heterocycles. The number of nitro groups is 1. The van der Waals surface area contributed by atoms with Crippen LogP contribution in [-0.4, -0.2) is 34.6 Å². The van der Waals surface area contributed by atoms with Crippen molar-refractivity contribution in [3.05, 3.63) is 33.9 Å². The lowest BCUT2D eigenvalue weighted by Gasteiger charge is -2.25. The number of hydrogen-bond donors (Lipinski definition) is 1. The smallest absolute Gasteiger partial charge is 0.292 e. The molecular weight excluding hydrogens is 276 g/mol. The molecule has 6 heteroatoms. The van der Waals surface area contributed by atoms with Gasteiger partial charge in [-0.1, -0.05) is 6.42 Å². The monoisotopic (exact) mass is 296 g/mol. The lowest BCUT2D eigenvalue weighted by molar-refractivity contribution is -0.384. The van der Waals surface area contributed by atoms with E-state index in [0.29, 0.717) is 10.9 Å². The summed E-state index contributed by atoms with van der Waals surface area (Å²) in [6.07, 6.45) is 5.46. The molecule has 1 heterocycles. The van der Waals surface area contributed by atoms with Gasteiger partial charge in [-0.25, -0.2) is 0 Å². The predicted molar refractivity (Wildman–Crippen MR) is 82.4 cm³/mol. The topological polar surface area (TPSA) is 66.6 Å². The molecule has 1 fully saturated rings. The van der Waals surface area contributed by atoms with Gasteiger partial charge in [-0.05, 0) is 36.8 Å². The summed E-state index contributed by atoms with van der Waals surface area (Å²) in [7, 11) is 0. The van der Waals surface area contributed by atoms with Gasteiger partial charge in [0.25, 0.3) is 5.69 Å². The van der Waals surface area contributed by atoms with Crippen molar-refractivity contribution in [3.8, 4) is 0 Å². The van der Waals surface area contributed by atoms with E-state index in [1.54, 1.807) is 12.1 Å². The normalized spacial score (nSPS) is 19.7. The number of aliphatic hydroxyl groups excluding tert-OH is 1. The van der Waals surface area contributed by atoms with E-state index in [1.807, 2.05) is 11.8 Å². The van der Waals surface area contributed by atoms with Gasteiger partial charge in [0.1, 0.15) is 5.69 Å². The first-order valence-electron chi connectivity index (χ1n) is 6.81. The fourth-order valence-corrected chi connectivity index (χ4v) is 3.32. The number of benzene rings is 1. The summed E-state index contributed by atoms with van der Waals surface area (Å²) in [4.78, 5) is 13.0. The summed E-state index contributed by atoms with van der Waals surface area (Å²) in [5.74, 6) is 0. The Labute approximate surface area is 123 Å². The average Bonchev–Trinajstić information content (AvgIpc) is 2.71. The van der Waals surface area contributed by atoms with Crippen molar-refractivity contribution < 1.29 is 10.0 Å². The number of thioether (sulfide) groups is 1. The van der Waals surface area contributed by atoms with Gasteiger partial charge in [0, 0.05) is 24.4 Å². The van der Waals surface area contributed by atoms with E-state index >= 15 is 0 Å². The molecule has 0 spiro atoms. The molecule has 0 amide bonds. The fourth-order valence-electron chi connectivity index (χ4n) is 2.59. The molecule has 1 atom stereocenters. The maximum absolute atomic E-state index is 11.2. The van der Waals surface area contributed by atoms with Crippen molar-refractivity contribution in [3.63, 3.8) is 0 Å². The zero-order valence-electron chi connectivity index (χ0n) is 11.6. The highest BCUT2D eigenvalue weighted by molar-refractivity contribution is 7.99. The summed E-state index contributed by atoms with van der Waals surface area (Å²) < 4.78 is 0. The second kappa shape index (κ2) is 6.95. The zero-order chi connectivity index (χ0) is 14.5. The van der Waals surface area contributed by atoms with Crippen LogP contribution in [0.2, 0.25) is 0 Å². The van der Waals surface area contributed by atoms with Crippen LogP contribution in [0.4, 0.5) is 11.4 Å². The minimum absolute atomic E-state index is 0.0925. The molecule has 1 N–H and O–H groups in total. The Morgan fingerprint density at radius 2 is 2.30 bits per heavy atom. The lowest BCUT2D eigenvalue weighted by Crippen LogP contribution is -2.30. The maximum Gasteiger partial charge on any atom is 0.292 e. The first-order chi connectivity index (χ1) is 9.65. The Hall–Kier alpha value is -1.27. The van der Waals surface area contributed by atoms with Crippen molar-refractivity contribution in [2.24, 2.45) is 0 Å². The number of hydrogen-bond acceptors (Lipinski definition) is 5. The standard InChI is InChI=1S/C14H20N2O3S/c1-20-12-4-2-3-7-15(9-12)14-8-11(10-17)5-6-13(14)16(18)19/h5-6,8,12,17H,2-4,7,9-10H2,1H3. The summed E-state index contributed by atoms with van der Waals surface area (Å²) in [6.45, 7) is 1.58. The zero-order valence-corrected chi connectivity index (χ0v) is 12.4. The highest BCUT2D eigenvalue weighted by Crippen LogP contribution is 2.32. The van der Waals surface area contributed by atoms with Crippen molar-refractivity contribution in [1.82, 2.24) is 0 Å². The van der Waals surface area contributed by atoms with Crippen LogP contribution < -0.4 is 4.90 Å². The van der Waals surface area contributed by atoms with Gasteiger partial charge in [0.15, 0.2) is 0 Å². The van der Waals surface area contributed by atoms with Gasteiger partial charge < -0.3 is 10.0 Å². The van der Waals surface area contributed by atoms with Crippen LogP contribution in [0.5, 0.6) is 0 Å². The van der Waals surface area contributed by atoms with E-state index in [0.717, 1.165) is 37.9 Å². The van der Waals surface area contributed by atoms with Gasteiger partial charge in [0.2, 0.25) is 0 Å². The summed E-state index contributed by atoms with van der Waals surface area (Å²) in [5.41, 5.74) is 1.49. The van der Waals surface area contributed by atoms with Gasteiger partial charge >= 0.3 is 0 Å². The van der Waals surface area contributed by atoms with Crippen molar-refractivity contribution in [2.45, 2.75) is 31.1 Å². The van der Waals surface area contributed by atoms with Crippen molar-refractivity contribution in [2.75, 3.05) is 24.2 Å². The van der Waals surface area contributed by atoms with Crippen LogP contribution in [-0.2, 0) is 6.61 Å².